The van der Waals surface area contributed by atoms with Crippen LogP contribution in [-0.2, 0) is 19.1 Å². The molecule has 0 aliphatic carbocycles. The van der Waals surface area contributed by atoms with E-state index in [-0.39, 0.29) is 25.2 Å². The molecule has 0 amide bonds. The van der Waals surface area contributed by atoms with Gasteiger partial charge in [-0.05, 0) is 25.0 Å². The van der Waals surface area contributed by atoms with Crippen LogP contribution in [-0.4, -0.2) is 25.2 Å². The molecule has 1 aliphatic rings. The lowest BCUT2D eigenvalue weighted by atomic mass is 10.1. The zero-order valence-corrected chi connectivity index (χ0v) is 10.9. The summed E-state index contributed by atoms with van der Waals surface area (Å²) in [7, 11) is 0. The summed E-state index contributed by atoms with van der Waals surface area (Å²) in [5.41, 5.74) is 0. The Hall–Kier alpha value is -1.32. The van der Waals surface area contributed by atoms with Gasteiger partial charge in [0.2, 0.25) is 0 Å². The molecule has 4 heteroatoms. The molecule has 1 heterocycles. The van der Waals surface area contributed by atoms with Crippen molar-refractivity contribution in [3.05, 3.63) is 12.2 Å². The summed E-state index contributed by atoms with van der Waals surface area (Å²) < 4.78 is 10.0. The van der Waals surface area contributed by atoms with E-state index in [9.17, 15) is 9.59 Å². The van der Waals surface area contributed by atoms with Crippen LogP contribution in [0.15, 0.2) is 12.2 Å². The van der Waals surface area contributed by atoms with Crippen molar-refractivity contribution >= 4 is 11.9 Å². The lowest BCUT2D eigenvalue weighted by Crippen LogP contribution is -2.06. The fourth-order valence-corrected chi connectivity index (χ4v) is 1.81. The molecule has 0 radical (unpaired) electrons. The van der Waals surface area contributed by atoms with Crippen LogP contribution in [0.4, 0.5) is 0 Å². The third-order valence-electron chi connectivity index (χ3n) is 2.86. The predicted octanol–water partition coefficient (Wildman–Crippen LogP) is 2.76. The number of esters is 2. The van der Waals surface area contributed by atoms with Gasteiger partial charge in [0.15, 0.2) is 0 Å². The fourth-order valence-electron chi connectivity index (χ4n) is 1.81. The molecule has 0 N–H and O–H groups in total. The Kier molecular flexibility index (Phi) is 7.93. The largest absolute Gasteiger partial charge is 0.461 e. The third kappa shape index (κ3) is 7.87. The maximum atomic E-state index is 11.3. The number of carbonyl (C=O) groups excluding carboxylic acids is 2. The number of cyclic esters (lactones) is 2. The Balaban J connectivity index is 2.29. The number of ether oxygens (including phenoxy) is 2. The van der Waals surface area contributed by atoms with E-state index >= 15 is 0 Å². The van der Waals surface area contributed by atoms with Crippen LogP contribution in [0, 0.1) is 0 Å². The summed E-state index contributed by atoms with van der Waals surface area (Å²) in [6, 6.07) is 0. The van der Waals surface area contributed by atoms with Gasteiger partial charge in [0.05, 0.1) is 0 Å². The quantitative estimate of drug-likeness (QED) is 0.492. The molecule has 18 heavy (non-hydrogen) atoms. The van der Waals surface area contributed by atoms with Crippen molar-refractivity contribution < 1.29 is 19.1 Å². The minimum atomic E-state index is -0.149. The summed E-state index contributed by atoms with van der Waals surface area (Å²) in [6.45, 7) is 0.521. The van der Waals surface area contributed by atoms with Crippen molar-refractivity contribution in [2.24, 2.45) is 0 Å². The molecule has 0 aromatic heterocycles. The van der Waals surface area contributed by atoms with Crippen LogP contribution < -0.4 is 0 Å². The van der Waals surface area contributed by atoms with Crippen molar-refractivity contribution in [2.75, 3.05) is 13.2 Å². The zero-order valence-electron chi connectivity index (χ0n) is 10.9. The van der Waals surface area contributed by atoms with Gasteiger partial charge in [-0.1, -0.05) is 25.7 Å². The minimum absolute atomic E-state index is 0.149. The second-order valence-corrected chi connectivity index (χ2v) is 4.46. The van der Waals surface area contributed by atoms with Gasteiger partial charge in [0.25, 0.3) is 0 Å². The van der Waals surface area contributed by atoms with E-state index in [4.69, 9.17) is 9.47 Å². The molecular weight excluding hydrogens is 232 g/mol. The first-order chi connectivity index (χ1) is 8.79. The molecule has 1 rings (SSSR count). The summed E-state index contributed by atoms with van der Waals surface area (Å²) in [5.74, 6) is -0.299. The lowest BCUT2D eigenvalue weighted by Gasteiger charge is -2.05. The van der Waals surface area contributed by atoms with Gasteiger partial charge in [-0.2, -0.15) is 0 Å². The first-order valence-corrected chi connectivity index (χ1v) is 6.75. The molecular formula is C14H22O4. The van der Waals surface area contributed by atoms with E-state index in [2.05, 4.69) is 0 Å². The molecule has 0 bridgehead atoms. The van der Waals surface area contributed by atoms with E-state index in [1.807, 2.05) is 0 Å². The first-order valence-electron chi connectivity index (χ1n) is 6.75. The second-order valence-electron chi connectivity index (χ2n) is 4.46. The highest BCUT2D eigenvalue weighted by Crippen LogP contribution is 2.09. The van der Waals surface area contributed by atoms with Crippen molar-refractivity contribution in [1.82, 2.24) is 0 Å². The molecule has 0 spiro atoms. The van der Waals surface area contributed by atoms with Gasteiger partial charge in [-0.25, -0.2) is 0 Å². The Labute approximate surface area is 108 Å². The molecule has 0 saturated carbocycles. The van der Waals surface area contributed by atoms with Crippen LogP contribution >= 0.6 is 0 Å². The van der Waals surface area contributed by atoms with Gasteiger partial charge >= 0.3 is 11.9 Å². The summed E-state index contributed by atoms with van der Waals surface area (Å²) in [6.07, 6.45) is 10.5. The third-order valence-corrected chi connectivity index (χ3v) is 2.86. The Bertz CT molecular complexity index is 256. The molecule has 0 atom stereocenters. The van der Waals surface area contributed by atoms with Crippen molar-refractivity contribution in [1.29, 1.82) is 0 Å². The van der Waals surface area contributed by atoms with E-state index in [0.717, 1.165) is 38.5 Å². The zero-order chi connectivity index (χ0) is 13.1. The lowest BCUT2D eigenvalue weighted by molar-refractivity contribution is -0.143. The van der Waals surface area contributed by atoms with E-state index in [1.54, 1.807) is 12.2 Å². The Morgan fingerprint density at radius 1 is 0.667 bits per heavy atom. The number of hydrogen-bond donors (Lipinski definition) is 0. The van der Waals surface area contributed by atoms with E-state index < -0.39 is 0 Å². The van der Waals surface area contributed by atoms with Gasteiger partial charge < -0.3 is 9.47 Å². The molecule has 1 aliphatic heterocycles. The highest BCUT2D eigenvalue weighted by molar-refractivity contribution is 5.69. The van der Waals surface area contributed by atoms with Gasteiger partial charge in [0, 0.05) is 12.8 Å². The molecule has 0 aromatic rings. The second kappa shape index (κ2) is 9.68. The van der Waals surface area contributed by atoms with Crippen LogP contribution in [0.5, 0.6) is 0 Å². The van der Waals surface area contributed by atoms with Crippen LogP contribution in [0.3, 0.4) is 0 Å². The minimum Gasteiger partial charge on any atom is -0.461 e. The summed E-state index contributed by atoms with van der Waals surface area (Å²) in [4.78, 5) is 22.6. The Morgan fingerprint density at radius 3 is 1.50 bits per heavy atom. The summed E-state index contributed by atoms with van der Waals surface area (Å²) in [5, 5.41) is 0. The number of hydrogen-bond acceptors (Lipinski definition) is 4. The van der Waals surface area contributed by atoms with Crippen molar-refractivity contribution in [3.8, 4) is 0 Å². The molecule has 0 fully saturated rings. The molecule has 0 aromatic carbocycles. The van der Waals surface area contributed by atoms with E-state index in [1.165, 1.54) is 0 Å². The standard InChI is InChI=1S/C14H22O4/c15-13-9-5-3-1-2-4-6-10-14(16)18-12-8-7-11-17-13/h7-8H,1-6,9-12H2/b8-7-. The smallest absolute Gasteiger partial charge is 0.306 e. The normalized spacial score (nSPS) is 22.9. The maximum Gasteiger partial charge on any atom is 0.306 e. The molecule has 0 unspecified atom stereocenters. The van der Waals surface area contributed by atoms with Crippen molar-refractivity contribution in [3.63, 3.8) is 0 Å². The SMILES string of the molecule is O=C1CCCCCCCCC(=O)OC/C=C\CO1. The monoisotopic (exact) mass is 254 g/mol. The fraction of sp³-hybridized carbons (Fsp3) is 0.714. The van der Waals surface area contributed by atoms with E-state index in [0.29, 0.717) is 12.8 Å². The van der Waals surface area contributed by atoms with Crippen molar-refractivity contribution in [2.45, 2.75) is 51.4 Å². The molecule has 4 nitrogen and oxygen atoms in total. The first kappa shape index (κ1) is 14.7. The predicted molar refractivity (Wildman–Crippen MR) is 68.0 cm³/mol. The molecule has 0 saturated heterocycles. The Morgan fingerprint density at radius 2 is 1.06 bits per heavy atom. The maximum absolute atomic E-state index is 11.3. The van der Waals surface area contributed by atoms with Gasteiger partial charge in [-0.3, -0.25) is 9.59 Å². The van der Waals surface area contributed by atoms with Gasteiger partial charge in [-0.15, -0.1) is 0 Å². The number of carbonyl (C=O) groups is 2. The van der Waals surface area contributed by atoms with Crippen LogP contribution in [0.2, 0.25) is 0 Å². The number of rotatable bonds is 0. The average molecular weight is 254 g/mol. The van der Waals surface area contributed by atoms with Crippen LogP contribution in [0.1, 0.15) is 51.4 Å². The average Bonchev–Trinajstić information content (AvgIpc) is 2.35. The summed E-state index contributed by atoms with van der Waals surface area (Å²) >= 11 is 0. The topological polar surface area (TPSA) is 52.6 Å². The highest BCUT2D eigenvalue weighted by atomic mass is 16.5. The van der Waals surface area contributed by atoms with Gasteiger partial charge in [0.1, 0.15) is 13.2 Å². The highest BCUT2D eigenvalue weighted by Gasteiger charge is 2.03. The molecule has 102 valence electrons. The van der Waals surface area contributed by atoms with Crippen LogP contribution in [0.25, 0.3) is 0 Å².